The summed E-state index contributed by atoms with van der Waals surface area (Å²) in [5, 5.41) is 0. The van der Waals surface area contributed by atoms with Crippen molar-refractivity contribution in [2.24, 2.45) is 0 Å². The van der Waals surface area contributed by atoms with E-state index in [4.69, 9.17) is 4.74 Å². The van der Waals surface area contributed by atoms with E-state index in [1.807, 2.05) is 0 Å². The lowest BCUT2D eigenvalue weighted by molar-refractivity contribution is 0.122. The van der Waals surface area contributed by atoms with E-state index < -0.39 is 0 Å². The molecule has 1 fully saturated rings. The van der Waals surface area contributed by atoms with Gasteiger partial charge in [-0.3, -0.25) is 0 Å². The lowest BCUT2D eigenvalue weighted by Gasteiger charge is -2.27. The van der Waals surface area contributed by atoms with Crippen LogP contribution in [0.2, 0.25) is 0 Å². The normalized spacial score (nSPS) is 17.6. The van der Waals surface area contributed by atoms with Crippen molar-refractivity contribution in [1.82, 2.24) is 15.0 Å². The van der Waals surface area contributed by atoms with Crippen LogP contribution >= 0.6 is 0 Å². The number of hydrogen-bond donors (Lipinski definition) is 0. The van der Waals surface area contributed by atoms with E-state index in [0.717, 1.165) is 38.1 Å². The average molecular weight is 222 g/mol. The molecule has 0 saturated carbocycles. The molecule has 1 saturated heterocycles. The standard InChI is InChI=1S/C11H18N4O/c1-11(2,3)9-12-8-13-10(14-9)15-4-6-16-7-5-15/h8H,4-7H2,1-3H3. The lowest BCUT2D eigenvalue weighted by Crippen LogP contribution is -2.37. The fourth-order valence-electron chi connectivity index (χ4n) is 1.56. The molecule has 5 heteroatoms. The number of morpholine rings is 1. The zero-order valence-corrected chi connectivity index (χ0v) is 10.1. The lowest BCUT2D eigenvalue weighted by atomic mass is 9.96. The highest BCUT2D eigenvalue weighted by molar-refractivity contribution is 5.29. The van der Waals surface area contributed by atoms with Crippen molar-refractivity contribution in [3.8, 4) is 0 Å². The van der Waals surface area contributed by atoms with Crippen molar-refractivity contribution in [2.75, 3.05) is 31.2 Å². The van der Waals surface area contributed by atoms with Crippen molar-refractivity contribution in [1.29, 1.82) is 0 Å². The fraction of sp³-hybridized carbons (Fsp3) is 0.727. The molecule has 0 amide bonds. The van der Waals surface area contributed by atoms with Crippen LogP contribution in [0.25, 0.3) is 0 Å². The van der Waals surface area contributed by atoms with Crippen LogP contribution in [0.1, 0.15) is 26.6 Å². The summed E-state index contributed by atoms with van der Waals surface area (Å²) < 4.78 is 5.31. The maximum Gasteiger partial charge on any atom is 0.228 e. The molecule has 0 aromatic carbocycles. The highest BCUT2D eigenvalue weighted by atomic mass is 16.5. The first-order valence-corrected chi connectivity index (χ1v) is 5.59. The van der Waals surface area contributed by atoms with Crippen LogP contribution in [0, 0.1) is 0 Å². The molecule has 5 nitrogen and oxygen atoms in total. The van der Waals surface area contributed by atoms with Crippen LogP contribution in [0.4, 0.5) is 5.95 Å². The van der Waals surface area contributed by atoms with Crippen molar-refractivity contribution in [3.63, 3.8) is 0 Å². The summed E-state index contributed by atoms with van der Waals surface area (Å²) in [5.74, 6) is 1.60. The summed E-state index contributed by atoms with van der Waals surface area (Å²) >= 11 is 0. The van der Waals surface area contributed by atoms with Crippen LogP contribution < -0.4 is 4.90 Å². The van der Waals surface area contributed by atoms with Gasteiger partial charge >= 0.3 is 0 Å². The molecule has 0 aliphatic carbocycles. The van der Waals surface area contributed by atoms with Gasteiger partial charge in [0, 0.05) is 18.5 Å². The van der Waals surface area contributed by atoms with Gasteiger partial charge in [-0.15, -0.1) is 0 Å². The summed E-state index contributed by atoms with van der Waals surface area (Å²) in [5.41, 5.74) is -0.0377. The molecule has 0 atom stereocenters. The van der Waals surface area contributed by atoms with Gasteiger partial charge in [-0.25, -0.2) is 9.97 Å². The summed E-state index contributed by atoms with van der Waals surface area (Å²) in [6.07, 6.45) is 1.60. The molecule has 0 spiro atoms. The minimum absolute atomic E-state index is 0.0377. The Bertz CT molecular complexity index is 355. The molecule has 1 aliphatic heterocycles. The first-order chi connectivity index (χ1) is 7.57. The summed E-state index contributed by atoms with van der Waals surface area (Å²) in [7, 11) is 0. The van der Waals surface area contributed by atoms with E-state index in [1.54, 1.807) is 6.33 Å². The molecular formula is C11H18N4O. The van der Waals surface area contributed by atoms with Gasteiger partial charge in [-0.05, 0) is 0 Å². The van der Waals surface area contributed by atoms with Gasteiger partial charge in [0.15, 0.2) is 0 Å². The second-order valence-corrected chi connectivity index (χ2v) is 4.96. The molecule has 0 radical (unpaired) electrons. The molecular weight excluding hydrogens is 204 g/mol. The molecule has 1 aliphatic rings. The Morgan fingerprint density at radius 2 is 1.88 bits per heavy atom. The first kappa shape index (κ1) is 11.3. The molecule has 0 unspecified atom stereocenters. The Morgan fingerprint density at radius 3 is 2.50 bits per heavy atom. The largest absolute Gasteiger partial charge is 0.378 e. The van der Waals surface area contributed by atoms with Gasteiger partial charge < -0.3 is 9.64 Å². The summed E-state index contributed by atoms with van der Waals surface area (Å²) in [4.78, 5) is 15.1. The maximum absolute atomic E-state index is 5.31. The van der Waals surface area contributed by atoms with Gasteiger partial charge in [0.25, 0.3) is 0 Å². The zero-order chi connectivity index (χ0) is 11.6. The fourth-order valence-corrected chi connectivity index (χ4v) is 1.56. The SMILES string of the molecule is CC(C)(C)c1ncnc(N2CCOCC2)n1. The molecule has 88 valence electrons. The Hall–Kier alpha value is -1.23. The highest BCUT2D eigenvalue weighted by Crippen LogP contribution is 2.19. The molecule has 0 bridgehead atoms. The number of ether oxygens (including phenoxy) is 1. The zero-order valence-electron chi connectivity index (χ0n) is 10.1. The topological polar surface area (TPSA) is 51.1 Å². The van der Waals surface area contributed by atoms with Crippen molar-refractivity contribution >= 4 is 5.95 Å². The maximum atomic E-state index is 5.31. The molecule has 1 aromatic heterocycles. The van der Waals surface area contributed by atoms with Gasteiger partial charge in [-0.2, -0.15) is 4.98 Å². The summed E-state index contributed by atoms with van der Waals surface area (Å²) in [6, 6.07) is 0. The highest BCUT2D eigenvalue weighted by Gasteiger charge is 2.20. The first-order valence-electron chi connectivity index (χ1n) is 5.59. The predicted molar refractivity (Wildman–Crippen MR) is 61.6 cm³/mol. The van der Waals surface area contributed by atoms with Crippen LogP contribution in [-0.2, 0) is 10.2 Å². The minimum Gasteiger partial charge on any atom is -0.378 e. The van der Waals surface area contributed by atoms with Crippen molar-refractivity contribution < 1.29 is 4.74 Å². The molecule has 0 N–H and O–H groups in total. The third kappa shape index (κ3) is 2.47. The molecule has 2 heterocycles. The quantitative estimate of drug-likeness (QED) is 0.709. The average Bonchev–Trinajstić information content (AvgIpc) is 2.29. The Balaban J connectivity index is 2.21. The Labute approximate surface area is 95.9 Å². The second-order valence-electron chi connectivity index (χ2n) is 4.96. The van der Waals surface area contributed by atoms with Gasteiger partial charge in [0.2, 0.25) is 5.95 Å². The number of anilines is 1. The number of nitrogens with zero attached hydrogens (tertiary/aromatic N) is 4. The number of hydrogen-bond acceptors (Lipinski definition) is 5. The smallest absolute Gasteiger partial charge is 0.228 e. The third-order valence-electron chi connectivity index (χ3n) is 2.52. The Kier molecular flexibility index (Phi) is 3.05. The van der Waals surface area contributed by atoms with Gasteiger partial charge in [0.05, 0.1) is 13.2 Å². The van der Waals surface area contributed by atoms with Crippen LogP contribution in [0.15, 0.2) is 6.33 Å². The van der Waals surface area contributed by atoms with E-state index in [0.29, 0.717) is 0 Å². The monoisotopic (exact) mass is 222 g/mol. The van der Waals surface area contributed by atoms with E-state index >= 15 is 0 Å². The van der Waals surface area contributed by atoms with Crippen molar-refractivity contribution in [3.05, 3.63) is 12.2 Å². The van der Waals surface area contributed by atoms with Gasteiger partial charge in [0.1, 0.15) is 12.2 Å². The van der Waals surface area contributed by atoms with Crippen LogP contribution in [0.5, 0.6) is 0 Å². The van der Waals surface area contributed by atoms with E-state index in [-0.39, 0.29) is 5.41 Å². The van der Waals surface area contributed by atoms with Crippen molar-refractivity contribution in [2.45, 2.75) is 26.2 Å². The van der Waals surface area contributed by atoms with Gasteiger partial charge in [-0.1, -0.05) is 20.8 Å². The second kappa shape index (κ2) is 4.33. The number of rotatable bonds is 1. The van der Waals surface area contributed by atoms with E-state index in [1.165, 1.54) is 0 Å². The minimum atomic E-state index is -0.0377. The third-order valence-corrected chi connectivity index (χ3v) is 2.52. The molecule has 2 rings (SSSR count). The van der Waals surface area contributed by atoms with Crippen LogP contribution in [0.3, 0.4) is 0 Å². The Morgan fingerprint density at radius 1 is 1.19 bits per heavy atom. The molecule has 16 heavy (non-hydrogen) atoms. The molecule has 1 aromatic rings. The van der Waals surface area contributed by atoms with E-state index in [2.05, 4.69) is 40.6 Å². The van der Waals surface area contributed by atoms with E-state index in [9.17, 15) is 0 Å². The predicted octanol–water partition coefficient (Wildman–Crippen LogP) is 1.01. The van der Waals surface area contributed by atoms with Crippen LogP contribution in [-0.4, -0.2) is 41.3 Å². The summed E-state index contributed by atoms with van der Waals surface area (Å²) in [6.45, 7) is 9.51. The number of aromatic nitrogens is 3.